The van der Waals surface area contributed by atoms with Crippen LogP contribution >= 0.6 is 0 Å². The smallest absolute Gasteiger partial charge is 0.408 e. The number of amides is 1. The van der Waals surface area contributed by atoms with Gasteiger partial charge in [-0.15, -0.1) is 0 Å². The van der Waals surface area contributed by atoms with E-state index < -0.39 is 23.5 Å². The molecule has 4 rings (SSSR count). The van der Waals surface area contributed by atoms with Gasteiger partial charge in [0.15, 0.2) is 5.58 Å². The lowest BCUT2D eigenvalue weighted by Crippen LogP contribution is -2.51. The molecular weight excluding hydrogens is 436 g/mol. The van der Waals surface area contributed by atoms with Crippen LogP contribution in [-0.4, -0.2) is 53.0 Å². The lowest BCUT2D eigenvalue weighted by Gasteiger charge is -2.29. The van der Waals surface area contributed by atoms with Crippen molar-refractivity contribution in [2.45, 2.75) is 37.5 Å². The number of β-amino-alcohol motifs (C(OH)–C–C–N with tert-alkyl or cyclic N) is 1. The first-order valence-electron chi connectivity index (χ1n) is 11.2. The van der Waals surface area contributed by atoms with E-state index in [4.69, 9.17) is 9.15 Å². The Labute approximate surface area is 196 Å². The number of fused-ring (bicyclic) bond motifs is 1. The van der Waals surface area contributed by atoms with Crippen molar-refractivity contribution in [3.05, 3.63) is 58.6 Å². The molecule has 0 aliphatic carbocycles. The third kappa shape index (κ3) is 5.37. The van der Waals surface area contributed by atoms with E-state index in [0.717, 1.165) is 16.7 Å². The summed E-state index contributed by atoms with van der Waals surface area (Å²) in [4.78, 5) is 24.4. The van der Waals surface area contributed by atoms with E-state index in [1.807, 2.05) is 36.4 Å². The van der Waals surface area contributed by atoms with E-state index >= 15 is 0 Å². The van der Waals surface area contributed by atoms with Gasteiger partial charge in [-0.25, -0.2) is 4.79 Å². The van der Waals surface area contributed by atoms with Crippen LogP contribution in [0.3, 0.4) is 0 Å². The molecule has 1 amide bonds. The molecule has 2 aromatic carbocycles. The topological polar surface area (TPSA) is 130 Å². The van der Waals surface area contributed by atoms with Crippen LogP contribution in [-0.2, 0) is 23.0 Å². The second-order valence-corrected chi connectivity index (χ2v) is 8.94. The van der Waals surface area contributed by atoms with Crippen molar-refractivity contribution >= 4 is 17.0 Å². The summed E-state index contributed by atoms with van der Waals surface area (Å²) >= 11 is 0. The Hall–Kier alpha value is -3.45. The van der Waals surface area contributed by atoms with Crippen molar-refractivity contribution in [3.63, 3.8) is 0 Å². The van der Waals surface area contributed by atoms with Crippen LogP contribution in [0, 0.1) is 11.3 Å². The van der Waals surface area contributed by atoms with Crippen LogP contribution in [0.15, 0.2) is 51.7 Å². The molecule has 2 heterocycles. The highest BCUT2D eigenvalue weighted by atomic mass is 16.5. The monoisotopic (exact) mass is 464 g/mol. The first-order valence-corrected chi connectivity index (χ1v) is 11.2. The highest BCUT2D eigenvalue weighted by molar-refractivity contribution is 5.82. The normalized spacial score (nSPS) is 21.9. The maximum atomic E-state index is 12.6. The maximum Gasteiger partial charge on any atom is 0.419 e. The Morgan fingerprint density at radius 3 is 2.79 bits per heavy atom. The second-order valence-electron chi connectivity index (χ2n) is 8.94. The van der Waals surface area contributed by atoms with Gasteiger partial charge in [-0.3, -0.25) is 9.36 Å². The molecule has 1 saturated heterocycles. The Kier molecular flexibility index (Phi) is 6.84. The number of benzene rings is 2. The SMILES string of the molecule is Cn1c(=O)oc2ccc(-c3ccc(C[C@@H](C#N)NC(=O)C4CNCC(C)(O)CCO4)cc3)cc21. The molecule has 9 nitrogen and oxygen atoms in total. The molecule has 9 heteroatoms. The quantitative estimate of drug-likeness (QED) is 0.521. The van der Waals surface area contributed by atoms with Crippen LogP contribution in [0.2, 0.25) is 0 Å². The lowest BCUT2D eigenvalue weighted by atomic mass is 10.0. The minimum Gasteiger partial charge on any atom is -0.408 e. The Bertz CT molecular complexity index is 1260. The number of nitrogens with one attached hydrogen (secondary N) is 2. The van der Waals surface area contributed by atoms with Crippen molar-refractivity contribution in [2.24, 2.45) is 7.05 Å². The van der Waals surface area contributed by atoms with Crippen LogP contribution in [0.5, 0.6) is 0 Å². The Balaban J connectivity index is 1.39. The van der Waals surface area contributed by atoms with Gasteiger partial charge in [0.05, 0.1) is 23.8 Å². The average Bonchev–Trinajstić information content (AvgIpc) is 3.09. The summed E-state index contributed by atoms with van der Waals surface area (Å²) in [7, 11) is 1.67. The minimum atomic E-state index is -0.871. The number of nitriles is 1. The largest absolute Gasteiger partial charge is 0.419 e. The number of aromatic nitrogens is 1. The van der Waals surface area contributed by atoms with Crippen molar-refractivity contribution in [1.29, 1.82) is 5.26 Å². The number of aryl methyl sites for hydroxylation is 1. The number of nitrogens with zero attached hydrogens (tertiary/aromatic N) is 2. The summed E-state index contributed by atoms with van der Waals surface area (Å²) in [5.41, 5.74) is 3.18. The number of aliphatic hydroxyl groups is 1. The number of carbonyl (C=O) groups is 1. The summed E-state index contributed by atoms with van der Waals surface area (Å²) in [6.07, 6.45) is 0.0528. The van der Waals surface area contributed by atoms with E-state index in [1.165, 1.54) is 4.57 Å². The van der Waals surface area contributed by atoms with Crippen LogP contribution in [0.4, 0.5) is 0 Å². The number of hydrogen-bond donors (Lipinski definition) is 3. The van der Waals surface area contributed by atoms with E-state index in [9.17, 15) is 20.0 Å². The van der Waals surface area contributed by atoms with Gasteiger partial charge in [-0.2, -0.15) is 5.26 Å². The molecule has 0 bridgehead atoms. The number of carbonyl (C=O) groups excluding carboxylic acids is 1. The van der Waals surface area contributed by atoms with E-state index in [0.29, 0.717) is 30.5 Å². The zero-order valence-electron chi connectivity index (χ0n) is 19.2. The first-order chi connectivity index (χ1) is 16.3. The van der Waals surface area contributed by atoms with Gasteiger partial charge >= 0.3 is 5.76 Å². The molecule has 3 N–H and O–H groups in total. The summed E-state index contributed by atoms with van der Waals surface area (Å²) in [6.45, 7) is 2.63. The molecule has 1 fully saturated rings. The van der Waals surface area contributed by atoms with Crippen molar-refractivity contribution < 1.29 is 19.1 Å². The molecule has 1 aliphatic heterocycles. The van der Waals surface area contributed by atoms with Gasteiger partial charge in [-0.05, 0) is 35.7 Å². The maximum absolute atomic E-state index is 12.6. The molecule has 34 heavy (non-hydrogen) atoms. The summed E-state index contributed by atoms with van der Waals surface area (Å²) in [6, 6.07) is 14.7. The molecule has 1 aromatic heterocycles. The number of ether oxygens (including phenoxy) is 1. The number of hydrogen-bond acceptors (Lipinski definition) is 7. The molecule has 178 valence electrons. The molecule has 3 aromatic rings. The lowest BCUT2D eigenvalue weighted by molar-refractivity contribution is -0.135. The van der Waals surface area contributed by atoms with Gasteiger partial charge in [0.2, 0.25) is 0 Å². The predicted octanol–water partition coefficient (Wildman–Crippen LogP) is 1.48. The Morgan fingerprint density at radius 1 is 1.32 bits per heavy atom. The summed E-state index contributed by atoms with van der Waals surface area (Å²) < 4.78 is 12.3. The standard InChI is InChI=1S/C25H28N4O5/c1-25(32)9-10-33-22(14-27-15-25)23(30)28-19(13-26)11-16-3-5-17(6-4-16)18-7-8-21-20(12-18)29(2)24(31)34-21/h3-8,12,19,22,27,32H,9-11,14-15H2,1-2H3,(H,28,30)/t19-,22?,25?/m0/s1. The van der Waals surface area contributed by atoms with E-state index in [2.05, 4.69) is 16.7 Å². The zero-order chi connectivity index (χ0) is 24.3. The second kappa shape index (κ2) is 9.81. The number of oxazole rings is 1. The molecule has 0 radical (unpaired) electrons. The minimum absolute atomic E-state index is 0.265. The highest BCUT2D eigenvalue weighted by Gasteiger charge is 2.28. The van der Waals surface area contributed by atoms with Gasteiger partial charge < -0.3 is 24.9 Å². The van der Waals surface area contributed by atoms with Crippen molar-refractivity contribution in [2.75, 3.05) is 19.7 Å². The molecule has 1 aliphatic rings. The molecular formula is C25H28N4O5. The van der Waals surface area contributed by atoms with Crippen molar-refractivity contribution in [1.82, 2.24) is 15.2 Å². The fourth-order valence-corrected chi connectivity index (χ4v) is 3.98. The first kappa shape index (κ1) is 23.7. The molecule has 2 unspecified atom stereocenters. The van der Waals surface area contributed by atoms with Crippen LogP contribution in [0.1, 0.15) is 18.9 Å². The van der Waals surface area contributed by atoms with E-state index in [-0.39, 0.29) is 19.1 Å². The van der Waals surface area contributed by atoms with Gasteiger partial charge in [0.25, 0.3) is 5.91 Å². The fraction of sp³-hybridized carbons (Fsp3) is 0.400. The van der Waals surface area contributed by atoms with Gasteiger partial charge in [0.1, 0.15) is 12.1 Å². The Morgan fingerprint density at radius 2 is 2.06 bits per heavy atom. The summed E-state index contributed by atoms with van der Waals surface area (Å²) in [5, 5.41) is 25.5. The van der Waals surface area contributed by atoms with Crippen molar-refractivity contribution in [3.8, 4) is 17.2 Å². The third-order valence-corrected chi connectivity index (χ3v) is 6.08. The third-order valence-electron chi connectivity index (χ3n) is 6.08. The van der Waals surface area contributed by atoms with Crippen LogP contribution < -0.4 is 16.4 Å². The van der Waals surface area contributed by atoms with Crippen LogP contribution in [0.25, 0.3) is 22.2 Å². The number of rotatable bonds is 5. The highest BCUT2D eigenvalue weighted by Crippen LogP contribution is 2.24. The van der Waals surface area contributed by atoms with Gasteiger partial charge in [-0.1, -0.05) is 30.3 Å². The summed E-state index contributed by atoms with van der Waals surface area (Å²) in [5.74, 6) is -0.754. The zero-order valence-corrected chi connectivity index (χ0v) is 19.2. The molecule has 0 saturated carbocycles. The van der Waals surface area contributed by atoms with Gasteiger partial charge in [0, 0.05) is 33.0 Å². The van der Waals surface area contributed by atoms with E-state index in [1.54, 1.807) is 20.0 Å². The molecule has 0 spiro atoms. The predicted molar refractivity (Wildman–Crippen MR) is 126 cm³/mol. The fourth-order valence-electron chi connectivity index (χ4n) is 3.98. The average molecular weight is 465 g/mol. The molecule has 3 atom stereocenters.